The fraction of sp³-hybridized carbons (Fsp3) is 0.481. The summed E-state index contributed by atoms with van der Waals surface area (Å²) in [7, 11) is 0. The lowest BCUT2D eigenvalue weighted by Crippen LogP contribution is -2.42. The number of anilines is 2. The van der Waals surface area contributed by atoms with Gasteiger partial charge in [-0.25, -0.2) is 4.68 Å². The second-order valence-corrected chi connectivity index (χ2v) is 11.4. The number of nitrogens with one attached hydrogen (secondary N) is 1. The quantitative estimate of drug-likeness (QED) is 0.523. The van der Waals surface area contributed by atoms with Crippen LogP contribution in [0.15, 0.2) is 42.5 Å². The molecule has 4 fully saturated rings. The Hall–Kier alpha value is -3.02. The van der Waals surface area contributed by atoms with Gasteiger partial charge in [0.1, 0.15) is 11.6 Å². The average molecular weight is 443 g/mol. The van der Waals surface area contributed by atoms with E-state index in [9.17, 15) is 9.90 Å². The maximum absolute atomic E-state index is 13.1. The molecule has 3 aromatic rings. The van der Waals surface area contributed by atoms with E-state index in [2.05, 4.69) is 10.4 Å². The van der Waals surface area contributed by atoms with Gasteiger partial charge < -0.3 is 16.2 Å². The van der Waals surface area contributed by atoms with Crippen molar-refractivity contribution < 1.29 is 9.90 Å². The van der Waals surface area contributed by atoms with E-state index >= 15 is 0 Å². The molecule has 4 aliphatic rings. The van der Waals surface area contributed by atoms with Crippen LogP contribution in [0.2, 0.25) is 0 Å². The van der Waals surface area contributed by atoms with Crippen LogP contribution >= 0.6 is 0 Å². The normalized spacial score (nSPS) is 33.3. The van der Waals surface area contributed by atoms with E-state index < -0.39 is 0 Å². The third kappa shape index (κ3) is 2.79. The van der Waals surface area contributed by atoms with Crippen molar-refractivity contribution in [2.24, 2.45) is 28.6 Å². The summed E-state index contributed by atoms with van der Waals surface area (Å²) >= 11 is 0. The first-order chi connectivity index (χ1) is 15.9. The van der Waals surface area contributed by atoms with Gasteiger partial charge in [0.15, 0.2) is 0 Å². The number of hydrogen-bond donors (Lipinski definition) is 3. The molecule has 7 rings (SSSR count). The third-order valence-corrected chi connectivity index (χ3v) is 9.50. The van der Waals surface area contributed by atoms with Gasteiger partial charge in [-0.05, 0) is 91.4 Å². The van der Waals surface area contributed by atoms with Crippen LogP contribution in [-0.4, -0.2) is 20.8 Å². The molecule has 1 heterocycles. The van der Waals surface area contributed by atoms with Crippen LogP contribution in [-0.2, 0) is 11.3 Å². The minimum absolute atomic E-state index is 0.131. The number of carbonyl (C=O) groups excluding carboxylic acids is 1. The SMILES string of the molecule is Nc1c2ccc(NC(=O)CC34CC5CC6CC(C3)C6(C5)C4)cc2nn1Cc1ccccc1O. The molecule has 0 saturated heterocycles. The number of carbonyl (C=O) groups is 1. The van der Waals surface area contributed by atoms with E-state index in [4.69, 9.17) is 5.73 Å². The van der Waals surface area contributed by atoms with E-state index in [1.54, 1.807) is 16.8 Å². The number of nitrogens with two attached hydrogens (primary N) is 1. The number of rotatable bonds is 5. The molecule has 170 valence electrons. The molecule has 1 aromatic heterocycles. The van der Waals surface area contributed by atoms with Gasteiger partial charge in [0, 0.05) is 23.1 Å². The van der Waals surface area contributed by atoms with Crippen LogP contribution in [0.3, 0.4) is 0 Å². The number of hydrogen-bond acceptors (Lipinski definition) is 4. The summed E-state index contributed by atoms with van der Waals surface area (Å²) in [5.41, 5.74) is 9.45. The summed E-state index contributed by atoms with van der Waals surface area (Å²) in [6.07, 6.45) is 8.72. The number of aromatic nitrogens is 2. The van der Waals surface area contributed by atoms with Crippen molar-refractivity contribution in [1.82, 2.24) is 9.78 Å². The van der Waals surface area contributed by atoms with Gasteiger partial charge in [-0.2, -0.15) is 5.10 Å². The van der Waals surface area contributed by atoms with Crippen LogP contribution in [0.4, 0.5) is 11.5 Å². The Morgan fingerprint density at radius 1 is 1.15 bits per heavy atom. The number of para-hydroxylation sites is 1. The molecule has 4 aliphatic carbocycles. The lowest BCUT2D eigenvalue weighted by molar-refractivity contribution is -0.119. The monoisotopic (exact) mass is 442 g/mol. The highest BCUT2D eigenvalue weighted by molar-refractivity contribution is 5.96. The molecule has 5 atom stereocenters. The molecule has 5 unspecified atom stereocenters. The van der Waals surface area contributed by atoms with Crippen LogP contribution in [0.25, 0.3) is 10.9 Å². The number of nitrogen functional groups attached to an aromatic ring is 1. The van der Waals surface area contributed by atoms with Crippen molar-refractivity contribution in [1.29, 1.82) is 0 Å². The molecule has 0 radical (unpaired) electrons. The van der Waals surface area contributed by atoms with Gasteiger partial charge in [-0.3, -0.25) is 4.79 Å². The van der Waals surface area contributed by atoms with Gasteiger partial charge in [0.2, 0.25) is 5.91 Å². The molecule has 2 aromatic carbocycles. The predicted molar refractivity (Wildman–Crippen MR) is 128 cm³/mol. The summed E-state index contributed by atoms with van der Waals surface area (Å²) in [5.74, 6) is 3.61. The molecule has 0 aliphatic heterocycles. The topological polar surface area (TPSA) is 93.2 Å². The van der Waals surface area contributed by atoms with Crippen LogP contribution in [0, 0.1) is 28.6 Å². The van der Waals surface area contributed by atoms with Crippen molar-refractivity contribution in [2.45, 2.75) is 51.5 Å². The van der Waals surface area contributed by atoms with Crippen molar-refractivity contribution in [2.75, 3.05) is 11.1 Å². The molecular weight excluding hydrogens is 412 g/mol. The second kappa shape index (κ2) is 6.52. The number of phenols is 1. The standard InChI is InChI=1S/C27H30N4O2/c28-25-21-6-5-20(9-22(21)30-31(25)14-17-3-1-2-4-23(17)32)29-24(33)13-26-10-16-7-18-8-19(12-26)27(18,11-16)15-26/h1-6,9,16,18-19,32H,7-8,10-15,28H2,(H,29,33). The first-order valence-electron chi connectivity index (χ1n) is 12.3. The van der Waals surface area contributed by atoms with Gasteiger partial charge in [-0.1, -0.05) is 18.2 Å². The summed E-state index contributed by atoms with van der Waals surface area (Å²) < 4.78 is 1.70. The minimum Gasteiger partial charge on any atom is -0.508 e. The Bertz CT molecular complexity index is 1290. The lowest BCUT2D eigenvalue weighted by Gasteiger charge is -2.49. The zero-order valence-corrected chi connectivity index (χ0v) is 18.8. The van der Waals surface area contributed by atoms with Gasteiger partial charge in [0.05, 0.1) is 12.1 Å². The largest absolute Gasteiger partial charge is 0.508 e. The number of benzene rings is 2. The molecule has 6 nitrogen and oxygen atoms in total. The first kappa shape index (κ1) is 19.4. The van der Waals surface area contributed by atoms with Crippen LogP contribution in [0.5, 0.6) is 5.75 Å². The average Bonchev–Trinajstić information content (AvgIpc) is 3.25. The smallest absolute Gasteiger partial charge is 0.224 e. The summed E-state index contributed by atoms with van der Waals surface area (Å²) in [4.78, 5) is 13.1. The molecule has 1 spiro atoms. The van der Waals surface area contributed by atoms with E-state index in [-0.39, 0.29) is 17.1 Å². The highest BCUT2D eigenvalue weighted by Gasteiger charge is 2.70. The molecule has 6 heteroatoms. The van der Waals surface area contributed by atoms with E-state index in [0.717, 1.165) is 39.9 Å². The summed E-state index contributed by atoms with van der Waals surface area (Å²) in [6.45, 7) is 0.391. The fourth-order valence-electron chi connectivity index (χ4n) is 8.45. The Morgan fingerprint density at radius 2 is 2.03 bits per heavy atom. The second-order valence-electron chi connectivity index (χ2n) is 11.4. The van der Waals surface area contributed by atoms with Crippen LogP contribution in [0.1, 0.15) is 50.5 Å². The Morgan fingerprint density at radius 3 is 2.91 bits per heavy atom. The van der Waals surface area contributed by atoms with Crippen LogP contribution < -0.4 is 11.1 Å². The maximum atomic E-state index is 13.1. The zero-order chi connectivity index (χ0) is 22.4. The minimum atomic E-state index is 0.131. The van der Waals surface area contributed by atoms with Gasteiger partial charge in [0.25, 0.3) is 0 Å². The zero-order valence-electron chi connectivity index (χ0n) is 18.8. The molecule has 3 bridgehead atoms. The van der Waals surface area contributed by atoms with Crippen molar-refractivity contribution in [3.63, 3.8) is 0 Å². The third-order valence-electron chi connectivity index (χ3n) is 9.50. The number of fused-ring (bicyclic) bond motifs is 3. The molecule has 4 saturated carbocycles. The highest BCUT2D eigenvalue weighted by atomic mass is 16.3. The van der Waals surface area contributed by atoms with Gasteiger partial charge in [-0.15, -0.1) is 0 Å². The lowest BCUT2D eigenvalue weighted by atomic mass is 9.55. The number of aromatic hydroxyl groups is 1. The molecule has 33 heavy (non-hydrogen) atoms. The summed E-state index contributed by atoms with van der Waals surface area (Å²) in [5, 5.41) is 18.7. The van der Waals surface area contributed by atoms with Gasteiger partial charge >= 0.3 is 0 Å². The van der Waals surface area contributed by atoms with Crippen molar-refractivity contribution in [3.05, 3.63) is 48.0 Å². The maximum Gasteiger partial charge on any atom is 0.224 e. The highest BCUT2D eigenvalue weighted by Crippen LogP contribution is 2.79. The first-order valence-corrected chi connectivity index (χ1v) is 12.3. The van der Waals surface area contributed by atoms with E-state index in [1.807, 2.05) is 30.3 Å². The number of nitrogens with zero attached hydrogens (tertiary/aromatic N) is 2. The van der Waals surface area contributed by atoms with E-state index in [0.29, 0.717) is 24.2 Å². The Kier molecular flexibility index (Phi) is 3.84. The molecular formula is C27H30N4O2. The summed E-state index contributed by atoms with van der Waals surface area (Å²) in [6, 6.07) is 12.9. The molecule has 4 N–H and O–H groups in total. The Balaban J connectivity index is 1.09. The molecule has 1 amide bonds. The van der Waals surface area contributed by atoms with E-state index in [1.165, 1.54) is 38.5 Å². The predicted octanol–water partition coefficient (Wildman–Crippen LogP) is 4.92. The van der Waals surface area contributed by atoms with Crippen molar-refractivity contribution in [3.8, 4) is 5.75 Å². The van der Waals surface area contributed by atoms with Crippen molar-refractivity contribution >= 4 is 28.3 Å². The Labute approximate surface area is 193 Å². The number of phenolic OH excluding ortho intramolecular Hbond substituents is 1. The number of amides is 1. The fourth-order valence-corrected chi connectivity index (χ4v) is 8.45.